The summed E-state index contributed by atoms with van der Waals surface area (Å²) in [5.74, 6) is 3.55. The number of hydrogen-bond donors (Lipinski definition) is 0. The fourth-order valence-electron chi connectivity index (χ4n) is 4.65. The topological polar surface area (TPSA) is 54.3 Å². The molecule has 7 heteroatoms. The van der Waals surface area contributed by atoms with E-state index < -0.39 is 0 Å². The first-order valence-corrected chi connectivity index (χ1v) is 11.0. The Labute approximate surface area is 195 Å². The summed E-state index contributed by atoms with van der Waals surface area (Å²) in [6, 6.07) is 14.3. The lowest BCUT2D eigenvalue weighted by Gasteiger charge is -2.32. The van der Waals surface area contributed by atoms with Gasteiger partial charge in [0.05, 0.1) is 41.6 Å². The first kappa shape index (κ1) is 22.9. The van der Waals surface area contributed by atoms with E-state index in [9.17, 15) is 0 Å². The first-order chi connectivity index (χ1) is 16.1. The Kier molecular flexibility index (Phi) is 6.99. The van der Waals surface area contributed by atoms with Crippen molar-refractivity contribution < 1.29 is 23.7 Å². The molecule has 2 heterocycles. The number of rotatable bonds is 8. The van der Waals surface area contributed by atoms with Gasteiger partial charge in [0.15, 0.2) is 23.0 Å². The van der Waals surface area contributed by atoms with E-state index in [2.05, 4.69) is 33.9 Å². The van der Waals surface area contributed by atoms with E-state index in [-0.39, 0.29) is 6.04 Å². The van der Waals surface area contributed by atoms with E-state index in [4.69, 9.17) is 23.7 Å². The van der Waals surface area contributed by atoms with Crippen LogP contribution in [0.5, 0.6) is 28.7 Å². The molecule has 4 rings (SSSR count). The molecule has 0 N–H and O–H groups in total. The monoisotopic (exact) mass is 452 g/mol. The van der Waals surface area contributed by atoms with E-state index in [1.807, 2.05) is 24.3 Å². The molecule has 0 spiro atoms. The molecule has 0 saturated heterocycles. The molecule has 3 aromatic rings. The minimum atomic E-state index is -0.0228. The summed E-state index contributed by atoms with van der Waals surface area (Å²) in [6.45, 7) is 2.64. The molecule has 1 aliphatic heterocycles. The van der Waals surface area contributed by atoms with Gasteiger partial charge >= 0.3 is 0 Å². The lowest BCUT2D eigenvalue weighted by Crippen LogP contribution is -2.30. The molecule has 2 aromatic carbocycles. The third kappa shape index (κ3) is 4.46. The number of benzene rings is 2. The maximum atomic E-state index is 5.83. The van der Waals surface area contributed by atoms with Crippen LogP contribution >= 0.6 is 0 Å². The standard InChI is InChI=1S/C26H32N2O5/c1-29-21-10-9-18(14-23(21)31-3)17-28-13-7-12-27-11-6-8-20(27)26(28)19-15-24(32-4)25(33-5)16-22(19)30-2/h6,8-11,14-16,26H,7,12-13,17H2,1-5H3. The van der Waals surface area contributed by atoms with Gasteiger partial charge in [0, 0.05) is 43.2 Å². The van der Waals surface area contributed by atoms with E-state index >= 15 is 0 Å². The summed E-state index contributed by atoms with van der Waals surface area (Å²) >= 11 is 0. The van der Waals surface area contributed by atoms with E-state index in [0.29, 0.717) is 11.5 Å². The SMILES string of the molecule is COc1ccc(CN2CCCn3cccc3C2c2cc(OC)c(OC)cc2OC)cc1OC. The Morgan fingerprint density at radius 3 is 2.09 bits per heavy atom. The summed E-state index contributed by atoms with van der Waals surface area (Å²) in [5.41, 5.74) is 3.41. The highest BCUT2D eigenvalue weighted by molar-refractivity contribution is 5.53. The van der Waals surface area contributed by atoms with Crippen LogP contribution in [-0.2, 0) is 13.1 Å². The minimum absolute atomic E-state index is 0.0228. The van der Waals surface area contributed by atoms with Crippen molar-refractivity contribution >= 4 is 0 Å². The average molecular weight is 453 g/mol. The molecule has 176 valence electrons. The normalized spacial score (nSPS) is 16.0. The lowest BCUT2D eigenvalue weighted by atomic mass is 9.99. The van der Waals surface area contributed by atoms with Crippen molar-refractivity contribution in [3.63, 3.8) is 0 Å². The maximum absolute atomic E-state index is 5.83. The molecule has 7 nitrogen and oxygen atoms in total. The summed E-state index contributed by atoms with van der Waals surface area (Å²) in [5, 5.41) is 0. The predicted molar refractivity (Wildman–Crippen MR) is 127 cm³/mol. The Bertz CT molecular complexity index is 1090. The lowest BCUT2D eigenvalue weighted by molar-refractivity contribution is 0.215. The van der Waals surface area contributed by atoms with Gasteiger partial charge in [-0.2, -0.15) is 0 Å². The van der Waals surface area contributed by atoms with Crippen LogP contribution in [0.15, 0.2) is 48.7 Å². The van der Waals surface area contributed by atoms with Crippen molar-refractivity contribution in [3.8, 4) is 28.7 Å². The zero-order chi connectivity index (χ0) is 23.4. The first-order valence-electron chi connectivity index (χ1n) is 11.0. The molecule has 1 unspecified atom stereocenters. The van der Waals surface area contributed by atoms with Crippen molar-refractivity contribution in [2.75, 3.05) is 42.1 Å². The Morgan fingerprint density at radius 1 is 0.727 bits per heavy atom. The molecule has 0 saturated carbocycles. The molecule has 1 aromatic heterocycles. The van der Waals surface area contributed by atoms with Gasteiger partial charge in [-0.15, -0.1) is 0 Å². The quantitative estimate of drug-likeness (QED) is 0.501. The molecule has 0 fully saturated rings. The van der Waals surface area contributed by atoms with Crippen molar-refractivity contribution in [2.45, 2.75) is 25.6 Å². The second kappa shape index (κ2) is 10.1. The molecule has 0 radical (unpaired) electrons. The summed E-state index contributed by atoms with van der Waals surface area (Å²) in [6.07, 6.45) is 3.19. The van der Waals surface area contributed by atoms with Gasteiger partial charge in [-0.1, -0.05) is 6.07 Å². The Hall–Kier alpha value is -3.32. The molecule has 33 heavy (non-hydrogen) atoms. The number of fused-ring (bicyclic) bond motifs is 1. The zero-order valence-electron chi connectivity index (χ0n) is 20.0. The van der Waals surface area contributed by atoms with Gasteiger partial charge in [-0.25, -0.2) is 0 Å². The molecule has 0 bridgehead atoms. The Balaban J connectivity index is 1.81. The van der Waals surface area contributed by atoms with E-state index in [1.165, 1.54) is 5.69 Å². The van der Waals surface area contributed by atoms with Gasteiger partial charge in [0.1, 0.15) is 5.75 Å². The van der Waals surface area contributed by atoms with Crippen molar-refractivity contribution in [1.82, 2.24) is 9.47 Å². The van der Waals surface area contributed by atoms with Crippen LogP contribution in [0.25, 0.3) is 0 Å². The average Bonchev–Trinajstić information content (AvgIpc) is 3.24. The number of nitrogens with zero attached hydrogens (tertiary/aromatic N) is 2. The molecular formula is C26H32N2O5. The molecule has 1 atom stereocenters. The number of aromatic nitrogens is 1. The van der Waals surface area contributed by atoms with Gasteiger partial charge in [0.25, 0.3) is 0 Å². The van der Waals surface area contributed by atoms with E-state index in [0.717, 1.165) is 54.4 Å². The molecule has 0 amide bonds. The highest BCUT2D eigenvalue weighted by Gasteiger charge is 2.31. The zero-order valence-corrected chi connectivity index (χ0v) is 20.0. The number of ether oxygens (including phenoxy) is 5. The summed E-state index contributed by atoms with van der Waals surface area (Å²) in [4.78, 5) is 2.48. The second-order valence-electron chi connectivity index (χ2n) is 7.99. The van der Waals surface area contributed by atoms with Crippen molar-refractivity contribution in [1.29, 1.82) is 0 Å². The molecular weight excluding hydrogens is 420 g/mol. The number of hydrogen-bond acceptors (Lipinski definition) is 6. The maximum Gasteiger partial charge on any atom is 0.164 e. The van der Waals surface area contributed by atoms with Crippen LogP contribution in [0.4, 0.5) is 0 Å². The second-order valence-corrected chi connectivity index (χ2v) is 7.99. The summed E-state index contributed by atoms with van der Waals surface area (Å²) in [7, 11) is 8.30. The Morgan fingerprint density at radius 2 is 1.39 bits per heavy atom. The number of aryl methyl sites for hydroxylation is 1. The van der Waals surface area contributed by atoms with Crippen LogP contribution in [0.3, 0.4) is 0 Å². The largest absolute Gasteiger partial charge is 0.496 e. The van der Waals surface area contributed by atoms with Crippen molar-refractivity contribution in [2.24, 2.45) is 0 Å². The fraction of sp³-hybridized carbons (Fsp3) is 0.385. The van der Waals surface area contributed by atoms with Gasteiger partial charge in [0.2, 0.25) is 0 Å². The highest BCUT2D eigenvalue weighted by atomic mass is 16.5. The van der Waals surface area contributed by atoms with E-state index in [1.54, 1.807) is 35.5 Å². The highest BCUT2D eigenvalue weighted by Crippen LogP contribution is 2.43. The van der Waals surface area contributed by atoms with Crippen LogP contribution in [-0.4, -0.2) is 51.6 Å². The smallest absolute Gasteiger partial charge is 0.164 e. The van der Waals surface area contributed by atoms with Crippen LogP contribution < -0.4 is 23.7 Å². The van der Waals surface area contributed by atoms with Crippen LogP contribution in [0.2, 0.25) is 0 Å². The van der Waals surface area contributed by atoms with Gasteiger partial charge in [-0.3, -0.25) is 4.90 Å². The number of methoxy groups -OCH3 is 5. The van der Waals surface area contributed by atoms with Crippen LogP contribution in [0.1, 0.15) is 29.3 Å². The van der Waals surface area contributed by atoms with Crippen LogP contribution in [0, 0.1) is 0 Å². The predicted octanol–water partition coefficient (Wildman–Crippen LogP) is 4.53. The van der Waals surface area contributed by atoms with Gasteiger partial charge in [-0.05, 0) is 42.3 Å². The summed E-state index contributed by atoms with van der Waals surface area (Å²) < 4.78 is 30.3. The third-order valence-electron chi connectivity index (χ3n) is 6.22. The fourth-order valence-corrected chi connectivity index (χ4v) is 4.65. The molecule has 0 aliphatic carbocycles. The molecule has 1 aliphatic rings. The van der Waals surface area contributed by atoms with Crippen molar-refractivity contribution in [3.05, 3.63) is 65.5 Å². The minimum Gasteiger partial charge on any atom is -0.496 e. The van der Waals surface area contributed by atoms with Gasteiger partial charge < -0.3 is 28.3 Å². The third-order valence-corrected chi connectivity index (χ3v) is 6.22.